The number of aryl methyl sites for hydroxylation is 1. The van der Waals surface area contributed by atoms with Gasteiger partial charge in [0.1, 0.15) is 11.6 Å². The van der Waals surface area contributed by atoms with E-state index in [0.717, 1.165) is 18.8 Å². The number of imidazole rings is 1. The molecular weight excluding hydrogens is 265 g/mol. The highest BCUT2D eigenvalue weighted by molar-refractivity contribution is 6.31. The minimum Gasteiger partial charge on any atom is -0.333 e. The first-order chi connectivity index (χ1) is 9.19. The fourth-order valence-electron chi connectivity index (χ4n) is 2.20. The summed E-state index contributed by atoms with van der Waals surface area (Å²) < 4.78 is 16.1. The van der Waals surface area contributed by atoms with Crippen LogP contribution in [-0.4, -0.2) is 16.6 Å². The number of hydrogen-bond donors (Lipinski definition) is 1. The molecule has 2 aromatic rings. The van der Waals surface area contributed by atoms with Crippen molar-refractivity contribution < 1.29 is 4.39 Å². The Bertz CT molecular complexity index is 533. The van der Waals surface area contributed by atoms with Crippen molar-refractivity contribution in [2.45, 2.75) is 25.9 Å². The molecule has 2 rings (SSSR count). The molecule has 3 nitrogen and oxygen atoms in total. The molecule has 1 atom stereocenters. The molecule has 0 saturated carbocycles. The molecule has 0 spiro atoms. The topological polar surface area (TPSA) is 29.9 Å². The molecule has 0 fully saturated rings. The average Bonchev–Trinajstić information content (AvgIpc) is 2.83. The standard InChI is InChI=1S/C14H17ClFN3/c1-3-8-19-9-7-18-14(19)13(17-2)12-10(15)5-4-6-11(12)16/h4-7,9,13,17H,3,8H2,1-2H3. The fraction of sp³-hybridized carbons (Fsp3) is 0.357. The molecule has 0 amide bonds. The Kier molecular flexibility index (Phi) is 4.56. The lowest BCUT2D eigenvalue weighted by Crippen LogP contribution is -2.23. The van der Waals surface area contributed by atoms with Gasteiger partial charge in [-0.1, -0.05) is 24.6 Å². The maximum absolute atomic E-state index is 14.0. The van der Waals surface area contributed by atoms with Gasteiger partial charge in [-0.25, -0.2) is 9.37 Å². The van der Waals surface area contributed by atoms with Gasteiger partial charge >= 0.3 is 0 Å². The zero-order chi connectivity index (χ0) is 13.8. The van der Waals surface area contributed by atoms with Gasteiger partial charge in [0.2, 0.25) is 0 Å². The first-order valence-corrected chi connectivity index (χ1v) is 6.69. The normalized spacial score (nSPS) is 12.6. The number of nitrogens with one attached hydrogen (secondary N) is 1. The summed E-state index contributed by atoms with van der Waals surface area (Å²) in [6.45, 7) is 2.94. The molecule has 0 radical (unpaired) electrons. The Labute approximate surface area is 117 Å². The lowest BCUT2D eigenvalue weighted by molar-refractivity contribution is 0.533. The van der Waals surface area contributed by atoms with Gasteiger partial charge in [0.15, 0.2) is 0 Å². The molecule has 5 heteroatoms. The second-order valence-electron chi connectivity index (χ2n) is 4.34. The Morgan fingerprint density at radius 3 is 2.89 bits per heavy atom. The largest absolute Gasteiger partial charge is 0.333 e. The number of aromatic nitrogens is 2. The van der Waals surface area contributed by atoms with Crippen molar-refractivity contribution in [3.05, 3.63) is 52.8 Å². The van der Waals surface area contributed by atoms with E-state index in [2.05, 4.69) is 17.2 Å². The third-order valence-corrected chi connectivity index (χ3v) is 3.38. The van der Waals surface area contributed by atoms with Gasteiger partial charge in [-0.2, -0.15) is 0 Å². The average molecular weight is 282 g/mol. The van der Waals surface area contributed by atoms with Crippen LogP contribution >= 0.6 is 11.6 Å². The van der Waals surface area contributed by atoms with Crippen LogP contribution in [0.4, 0.5) is 4.39 Å². The van der Waals surface area contributed by atoms with Gasteiger partial charge in [0.25, 0.3) is 0 Å². The Morgan fingerprint density at radius 1 is 1.47 bits per heavy atom. The molecule has 102 valence electrons. The number of rotatable bonds is 5. The molecule has 0 saturated heterocycles. The highest BCUT2D eigenvalue weighted by Gasteiger charge is 2.23. The minimum atomic E-state index is -0.352. The number of benzene rings is 1. The summed E-state index contributed by atoms with van der Waals surface area (Å²) in [6, 6.07) is 4.36. The van der Waals surface area contributed by atoms with Gasteiger partial charge in [-0.3, -0.25) is 0 Å². The van der Waals surface area contributed by atoms with E-state index in [-0.39, 0.29) is 11.9 Å². The quantitative estimate of drug-likeness (QED) is 0.910. The van der Waals surface area contributed by atoms with Crippen LogP contribution in [0.1, 0.15) is 30.8 Å². The third-order valence-electron chi connectivity index (χ3n) is 3.05. The summed E-state index contributed by atoms with van der Waals surface area (Å²) >= 11 is 6.13. The highest BCUT2D eigenvalue weighted by Crippen LogP contribution is 2.29. The van der Waals surface area contributed by atoms with Crippen LogP contribution in [0, 0.1) is 5.82 Å². The number of nitrogens with zero attached hydrogens (tertiary/aromatic N) is 2. The molecule has 1 aromatic carbocycles. The predicted octanol–water partition coefficient (Wildman–Crippen LogP) is 3.39. The van der Waals surface area contributed by atoms with E-state index in [1.807, 2.05) is 10.8 Å². The maximum Gasteiger partial charge on any atom is 0.130 e. The third kappa shape index (κ3) is 2.80. The lowest BCUT2D eigenvalue weighted by atomic mass is 10.1. The van der Waals surface area contributed by atoms with Gasteiger partial charge < -0.3 is 9.88 Å². The summed E-state index contributed by atoms with van der Waals surface area (Å²) in [4.78, 5) is 4.34. The smallest absolute Gasteiger partial charge is 0.130 e. The first-order valence-electron chi connectivity index (χ1n) is 6.31. The lowest BCUT2D eigenvalue weighted by Gasteiger charge is -2.19. The van der Waals surface area contributed by atoms with Crippen LogP contribution in [-0.2, 0) is 6.54 Å². The Morgan fingerprint density at radius 2 is 2.26 bits per heavy atom. The Hall–Kier alpha value is -1.39. The number of hydrogen-bond acceptors (Lipinski definition) is 2. The second kappa shape index (κ2) is 6.17. The Balaban J connectivity index is 2.47. The second-order valence-corrected chi connectivity index (χ2v) is 4.74. The van der Waals surface area contributed by atoms with Crippen molar-refractivity contribution in [3.63, 3.8) is 0 Å². The first kappa shape index (κ1) is 14.0. The molecular formula is C14H17ClFN3. The monoisotopic (exact) mass is 281 g/mol. The van der Waals surface area contributed by atoms with E-state index in [9.17, 15) is 4.39 Å². The van der Waals surface area contributed by atoms with Crippen LogP contribution in [0.25, 0.3) is 0 Å². The summed E-state index contributed by atoms with van der Waals surface area (Å²) in [5.41, 5.74) is 0.440. The van der Waals surface area contributed by atoms with Gasteiger partial charge in [-0.05, 0) is 25.6 Å². The molecule has 1 aromatic heterocycles. The van der Waals surface area contributed by atoms with E-state index in [4.69, 9.17) is 11.6 Å². The van der Waals surface area contributed by atoms with Gasteiger partial charge in [-0.15, -0.1) is 0 Å². The van der Waals surface area contributed by atoms with Crippen molar-refractivity contribution >= 4 is 11.6 Å². The van der Waals surface area contributed by atoms with Crippen molar-refractivity contribution in [2.24, 2.45) is 0 Å². The van der Waals surface area contributed by atoms with Crippen molar-refractivity contribution in [1.82, 2.24) is 14.9 Å². The van der Waals surface area contributed by atoms with Crippen LogP contribution in [0.15, 0.2) is 30.6 Å². The SMILES string of the molecule is CCCn1ccnc1C(NC)c1c(F)cccc1Cl. The molecule has 1 N–H and O–H groups in total. The molecule has 1 unspecified atom stereocenters. The van der Waals surface area contributed by atoms with E-state index in [0.29, 0.717) is 10.6 Å². The zero-order valence-corrected chi connectivity index (χ0v) is 11.8. The zero-order valence-electron chi connectivity index (χ0n) is 11.0. The number of halogens is 2. The van der Waals surface area contributed by atoms with E-state index in [1.54, 1.807) is 25.4 Å². The molecule has 1 heterocycles. The van der Waals surface area contributed by atoms with Crippen LogP contribution in [0.2, 0.25) is 5.02 Å². The van der Waals surface area contributed by atoms with Crippen molar-refractivity contribution in [1.29, 1.82) is 0 Å². The molecule has 0 aliphatic carbocycles. The maximum atomic E-state index is 14.0. The highest BCUT2D eigenvalue weighted by atomic mass is 35.5. The van der Waals surface area contributed by atoms with Gasteiger partial charge in [0.05, 0.1) is 6.04 Å². The molecule has 0 bridgehead atoms. The summed E-state index contributed by atoms with van der Waals surface area (Å²) in [6.07, 6.45) is 4.62. The summed E-state index contributed by atoms with van der Waals surface area (Å²) in [5.74, 6) is 0.453. The van der Waals surface area contributed by atoms with Crippen LogP contribution < -0.4 is 5.32 Å². The predicted molar refractivity (Wildman–Crippen MR) is 74.8 cm³/mol. The van der Waals surface area contributed by atoms with Gasteiger partial charge in [0, 0.05) is 29.5 Å². The van der Waals surface area contributed by atoms with E-state index in [1.165, 1.54) is 6.07 Å². The molecule has 0 aliphatic heterocycles. The van der Waals surface area contributed by atoms with Crippen molar-refractivity contribution in [3.8, 4) is 0 Å². The molecule has 0 aliphatic rings. The molecule has 19 heavy (non-hydrogen) atoms. The van der Waals surface area contributed by atoms with E-state index >= 15 is 0 Å². The summed E-state index contributed by atoms with van der Waals surface area (Å²) in [7, 11) is 1.78. The summed E-state index contributed by atoms with van der Waals surface area (Å²) in [5, 5.41) is 3.50. The van der Waals surface area contributed by atoms with Crippen LogP contribution in [0.5, 0.6) is 0 Å². The minimum absolute atomic E-state index is 0.321. The fourth-order valence-corrected chi connectivity index (χ4v) is 2.47. The van der Waals surface area contributed by atoms with Crippen molar-refractivity contribution in [2.75, 3.05) is 7.05 Å². The van der Waals surface area contributed by atoms with Crippen LogP contribution in [0.3, 0.4) is 0 Å². The van der Waals surface area contributed by atoms with E-state index < -0.39 is 0 Å².